The summed E-state index contributed by atoms with van der Waals surface area (Å²) >= 11 is 0. The number of carbonyl (C=O) groups excluding carboxylic acids is 1. The first-order valence-electron chi connectivity index (χ1n) is 8.81. The highest BCUT2D eigenvalue weighted by atomic mass is 35.5. The van der Waals surface area contributed by atoms with Crippen molar-refractivity contribution in [3.8, 4) is 11.6 Å². The van der Waals surface area contributed by atoms with E-state index in [1.807, 2.05) is 42.2 Å². The van der Waals surface area contributed by atoms with Crippen LogP contribution < -0.4 is 14.4 Å². The Morgan fingerprint density at radius 3 is 2.30 bits per heavy atom. The molecule has 3 rings (SSSR count). The third-order valence-corrected chi connectivity index (χ3v) is 4.38. The number of hydrogen-bond acceptors (Lipinski definition) is 6. The number of aromatic nitrogens is 2. The van der Waals surface area contributed by atoms with E-state index in [4.69, 9.17) is 9.47 Å². The van der Waals surface area contributed by atoms with E-state index >= 15 is 0 Å². The molecule has 0 aliphatic carbocycles. The van der Waals surface area contributed by atoms with Crippen LogP contribution in [-0.4, -0.2) is 60.9 Å². The number of nitrogens with zero attached hydrogens (tertiary/aromatic N) is 4. The lowest BCUT2D eigenvalue weighted by molar-refractivity contribution is -0.130. The second kappa shape index (κ2) is 9.97. The first kappa shape index (κ1) is 20.8. The molecule has 27 heavy (non-hydrogen) atoms. The maximum atomic E-state index is 12.5. The van der Waals surface area contributed by atoms with Gasteiger partial charge in [0.05, 0.1) is 20.1 Å². The molecule has 1 aromatic heterocycles. The molecule has 0 unspecified atom stereocenters. The molecule has 1 aromatic carbocycles. The highest BCUT2D eigenvalue weighted by molar-refractivity contribution is 5.85. The number of benzene rings is 1. The number of carbonyl (C=O) groups is 1. The minimum absolute atomic E-state index is 0. The topological polar surface area (TPSA) is 67.8 Å². The third-order valence-electron chi connectivity index (χ3n) is 4.38. The maximum absolute atomic E-state index is 12.5. The number of hydrogen-bond donors (Lipinski definition) is 0. The van der Waals surface area contributed by atoms with E-state index < -0.39 is 0 Å². The maximum Gasteiger partial charge on any atom is 0.233 e. The predicted octanol–water partition coefficient (Wildman–Crippen LogP) is 2.20. The van der Waals surface area contributed by atoms with Crippen LogP contribution in [0.5, 0.6) is 11.6 Å². The van der Waals surface area contributed by atoms with Crippen molar-refractivity contribution in [3.05, 3.63) is 42.0 Å². The van der Waals surface area contributed by atoms with Crippen molar-refractivity contribution in [2.24, 2.45) is 0 Å². The second-order valence-corrected chi connectivity index (χ2v) is 6.06. The Bertz CT molecular complexity index is 717. The van der Waals surface area contributed by atoms with Gasteiger partial charge in [-0.15, -0.1) is 22.6 Å². The predicted molar refractivity (Wildman–Crippen MR) is 106 cm³/mol. The molecule has 7 nitrogen and oxygen atoms in total. The lowest BCUT2D eigenvalue weighted by Crippen LogP contribution is -2.49. The Hall–Kier alpha value is -2.54. The summed E-state index contributed by atoms with van der Waals surface area (Å²) in [7, 11) is 1.57. The monoisotopic (exact) mass is 392 g/mol. The molecule has 0 bridgehead atoms. The van der Waals surface area contributed by atoms with Gasteiger partial charge in [-0.05, 0) is 30.7 Å². The highest BCUT2D eigenvalue weighted by Gasteiger charge is 2.22. The Labute approximate surface area is 165 Å². The molecule has 146 valence electrons. The van der Waals surface area contributed by atoms with E-state index in [1.54, 1.807) is 13.2 Å². The molecular formula is C19H25ClN4O3. The van der Waals surface area contributed by atoms with E-state index in [9.17, 15) is 4.79 Å². The smallest absolute Gasteiger partial charge is 0.233 e. The molecule has 1 aliphatic heterocycles. The van der Waals surface area contributed by atoms with Crippen molar-refractivity contribution in [2.45, 2.75) is 13.3 Å². The van der Waals surface area contributed by atoms with E-state index in [0.29, 0.717) is 32.0 Å². The standard InChI is InChI=1S/C19H24N4O3.ClH/c1-3-26-16-6-4-15(5-7-16)14-19(24)23-12-10-22(11-13-23)17-8-9-18(25-2)21-20-17;/h4-9H,3,10-14H2,1-2H3;1H. The van der Waals surface area contributed by atoms with Gasteiger partial charge in [0.2, 0.25) is 11.8 Å². The number of anilines is 1. The summed E-state index contributed by atoms with van der Waals surface area (Å²) in [5, 5.41) is 8.17. The van der Waals surface area contributed by atoms with Gasteiger partial charge in [0.25, 0.3) is 0 Å². The van der Waals surface area contributed by atoms with Gasteiger partial charge in [-0.2, -0.15) is 0 Å². The summed E-state index contributed by atoms with van der Waals surface area (Å²) in [6, 6.07) is 11.4. The van der Waals surface area contributed by atoms with Gasteiger partial charge in [-0.3, -0.25) is 4.79 Å². The number of rotatable bonds is 6. The summed E-state index contributed by atoms with van der Waals surface area (Å²) < 4.78 is 10.5. The van der Waals surface area contributed by atoms with Crippen molar-refractivity contribution in [1.29, 1.82) is 0 Å². The van der Waals surface area contributed by atoms with Gasteiger partial charge in [0.15, 0.2) is 5.82 Å². The van der Waals surface area contributed by atoms with Gasteiger partial charge >= 0.3 is 0 Å². The quantitative estimate of drug-likeness (QED) is 0.750. The molecule has 1 amide bonds. The summed E-state index contributed by atoms with van der Waals surface area (Å²) in [5.41, 5.74) is 1.00. The number of methoxy groups -OCH3 is 1. The highest BCUT2D eigenvalue weighted by Crippen LogP contribution is 2.17. The summed E-state index contributed by atoms with van der Waals surface area (Å²) in [6.07, 6.45) is 0.411. The SMILES string of the molecule is CCOc1ccc(CC(=O)N2CCN(c3ccc(OC)nn3)CC2)cc1.Cl. The lowest BCUT2D eigenvalue weighted by atomic mass is 10.1. The average Bonchev–Trinajstić information content (AvgIpc) is 2.70. The first-order valence-corrected chi connectivity index (χ1v) is 8.81. The van der Waals surface area contributed by atoms with Crippen molar-refractivity contribution in [1.82, 2.24) is 15.1 Å². The molecule has 8 heteroatoms. The number of halogens is 1. The molecule has 0 N–H and O–H groups in total. The third kappa shape index (κ3) is 5.47. The zero-order valence-electron chi connectivity index (χ0n) is 15.6. The van der Waals surface area contributed by atoms with Crippen LogP contribution in [0.4, 0.5) is 5.82 Å². The van der Waals surface area contributed by atoms with Crippen LogP contribution in [0.1, 0.15) is 12.5 Å². The summed E-state index contributed by atoms with van der Waals surface area (Å²) in [6.45, 7) is 5.45. The molecule has 2 heterocycles. The zero-order valence-corrected chi connectivity index (χ0v) is 16.4. The van der Waals surface area contributed by atoms with Crippen molar-refractivity contribution in [3.63, 3.8) is 0 Å². The van der Waals surface area contributed by atoms with Gasteiger partial charge in [0, 0.05) is 32.2 Å². The van der Waals surface area contributed by atoms with Gasteiger partial charge in [-0.25, -0.2) is 0 Å². The second-order valence-electron chi connectivity index (χ2n) is 6.06. The molecule has 0 radical (unpaired) electrons. The van der Waals surface area contributed by atoms with E-state index in [-0.39, 0.29) is 18.3 Å². The fourth-order valence-corrected chi connectivity index (χ4v) is 2.93. The Morgan fingerprint density at radius 2 is 1.74 bits per heavy atom. The molecule has 0 saturated carbocycles. The lowest BCUT2D eigenvalue weighted by Gasteiger charge is -2.35. The summed E-state index contributed by atoms with van der Waals surface area (Å²) in [5.74, 6) is 2.29. The van der Waals surface area contributed by atoms with Crippen LogP contribution in [0.25, 0.3) is 0 Å². The van der Waals surface area contributed by atoms with Gasteiger partial charge < -0.3 is 19.3 Å². The van der Waals surface area contributed by atoms with Crippen LogP contribution in [0.3, 0.4) is 0 Å². The fraction of sp³-hybridized carbons (Fsp3) is 0.421. The van der Waals surface area contributed by atoms with Gasteiger partial charge in [-0.1, -0.05) is 12.1 Å². The van der Waals surface area contributed by atoms with Crippen molar-refractivity contribution >= 4 is 24.1 Å². The van der Waals surface area contributed by atoms with Gasteiger partial charge in [0.1, 0.15) is 5.75 Å². The molecule has 1 fully saturated rings. The fourth-order valence-electron chi connectivity index (χ4n) is 2.93. The van der Waals surface area contributed by atoms with Crippen LogP contribution in [0, 0.1) is 0 Å². The number of piperazine rings is 1. The first-order chi connectivity index (χ1) is 12.7. The normalized spacial score (nSPS) is 13.7. The Balaban J connectivity index is 0.00000261. The van der Waals surface area contributed by atoms with Crippen molar-refractivity contribution in [2.75, 3.05) is 44.8 Å². The molecule has 0 atom stereocenters. The van der Waals surface area contributed by atoms with Crippen LogP contribution in [-0.2, 0) is 11.2 Å². The molecule has 2 aromatic rings. The molecule has 1 aliphatic rings. The van der Waals surface area contributed by atoms with E-state index in [1.165, 1.54) is 0 Å². The zero-order chi connectivity index (χ0) is 18.4. The number of amides is 1. The molecule has 1 saturated heterocycles. The van der Waals surface area contributed by atoms with Crippen LogP contribution in [0.2, 0.25) is 0 Å². The minimum atomic E-state index is 0. The largest absolute Gasteiger partial charge is 0.494 e. The van der Waals surface area contributed by atoms with E-state index in [2.05, 4.69) is 15.1 Å². The average molecular weight is 393 g/mol. The van der Waals surface area contributed by atoms with Crippen molar-refractivity contribution < 1.29 is 14.3 Å². The van der Waals surface area contributed by atoms with E-state index in [0.717, 1.165) is 30.2 Å². The molecule has 0 spiro atoms. The Kier molecular flexibility index (Phi) is 7.67. The summed E-state index contributed by atoms with van der Waals surface area (Å²) in [4.78, 5) is 16.6. The van der Waals surface area contributed by atoms with Crippen LogP contribution in [0.15, 0.2) is 36.4 Å². The molecular weight excluding hydrogens is 368 g/mol. The Morgan fingerprint density at radius 1 is 1.04 bits per heavy atom. The minimum Gasteiger partial charge on any atom is -0.494 e. The van der Waals surface area contributed by atoms with Crippen LogP contribution >= 0.6 is 12.4 Å². The number of ether oxygens (including phenoxy) is 2.